The summed E-state index contributed by atoms with van der Waals surface area (Å²) in [5.74, 6) is 0. The van der Waals surface area contributed by atoms with Gasteiger partial charge in [-0.05, 0) is 32.2 Å². The highest BCUT2D eigenvalue weighted by Gasteiger charge is 2.03. The van der Waals surface area contributed by atoms with Crippen molar-refractivity contribution in [2.24, 2.45) is 0 Å². The molecule has 1 aromatic heterocycles. The van der Waals surface area contributed by atoms with Crippen LogP contribution in [0, 0.1) is 0 Å². The summed E-state index contributed by atoms with van der Waals surface area (Å²) in [6, 6.07) is 0.688. The molecule has 0 aliphatic heterocycles. The van der Waals surface area contributed by atoms with Crippen molar-refractivity contribution in [3.63, 3.8) is 0 Å². The Morgan fingerprint density at radius 2 is 2.27 bits per heavy atom. The van der Waals surface area contributed by atoms with Gasteiger partial charge in [0, 0.05) is 25.0 Å². The van der Waals surface area contributed by atoms with E-state index >= 15 is 0 Å². The van der Waals surface area contributed by atoms with Crippen molar-refractivity contribution in [1.29, 1.82) is 0 Å². The van der Waals surface area contributed by atoms with Gasteiger partial charge in [0.05, 0.1) is 6.33 Å². The standard InChI is InChI=1S/C12H23N3/c1-3-7-14-12(4-2)6-5-9-15-10-8-13-11-15/h8,10-12,14H,3-7,9H2,1-2H3. The first-order valence-corrected chi connectivity index (χ1v) is 6.06. The Morgan fingerprint density at radius 1 is 1.40 bits per heavy atom. The van der Waals surface area contributed by atoms with E-state index in [1.165, 1.54) is 25.7 Å². The average Bonchev–Trinajstić information content (AvgIpc) is 2.76. The number of nitrogens with zero attached hydrogens (tertiary/aromatic N) is 2. The van der Waals surface area contributed by atoms with Gasteiger partial charge in [0.25, 0.3) is 0 Å². The minimum atomic E-state index is 0.688. The van der Waals surface area contributed by atoms with Crippen LogP contribution in [0.1, 0.15) is 39.5 Å². The van der Waals surface area contributed by atoms with E-state index in [-0.39, 0.29) is 0 Å². The molecule has 0 saturated carbocycles. The SMILES string of the molecule is CCCNC(CC)CCCn1ccnc1. The van der Waals surface area contributed by atoms with E-state index in [0.717, 1.165) is 13.1 Å². The molecule has 0 spiro atoms. The molecule has 3 nitrogen and oxygen atoms in total. The Kier molecular flexibility index (Phi) is 6.09. The molecule has 1 aromatic rings. The van der Waals surface area contributed by atoms with Gasteiger partial charge in [-0.2, -0.15) is 0 Å². The fourth-order valence-corrected chi connectivity index (χ4v) is 1.74. The van der Waals surface area contributed by atoms with Gasteiger partial charge in [-0.15, -0.1) is 0 Å². The molecule has 1 rings (SSSR count). The van der Waals surface area contributed by atoms with Crippen molar-refractivity contribution in [3.8, 4) is 0 Å². The maximum atomic E-state index is 4.04. The largest absolute Gasteiger partial charge is 0.337 e. The molecule has 1 heterocycles. The van der Waals surface area contributed by atoms with Crippen molar-refractivity contribution in [3.05, 3.63) is 18.7 Å². The summed E-state index contributed by atoms with van der Waals surface area (Å²) in [5.41, 5.74) is 0. The molecule has 0 saturated heterocycles. The highest BCUT2D eigenvalue weighted by atomic mass is 15.0. The number of hydrogen-bond acceptors (Lipinski definition) is 2. The maximum Gasteiger partial charge on any atom is 0.0945 e. The van der Waals surface area contributed by atoms with Crippen LogP contribution in [0.2, 0.25) is 0 Å². The monoisotopic (exact) mass is 209 g/mol. The summed E-state index contributed by atoms with van der Waals surface area (Å²) < 4.78 is 2.15. The van der Waals surface area contributed by atoms with Crippen molar-refractivity contribution in [2.75, 3.05) is 6.54 Å². The normalized spacial score (nSPS) is 12.9. The quantitative estimate of drug-likeness (QED) is 0.712. The van der Waals surface area contributed by atoms with Crippen molar-refractivity contribution in [1.82, 2.24) is 14.9 Å². The van der Waals surface area contributed by atoms with E-state index in [1.54, 1.807) is 0 Å². The molecule has 0 aliphatic carbocycles. The number of hydrogen-bond donors (Lipinski definition) is 1. The van der Waals surface area contributed by atoms with Gasteiger partial charge >= 0.3 is 0 Å². The second-order valence-corrected chi connectivity index (χ2v) is 4.00. The Morgan fingerprint density at radius 3 is 2.87 bits per heavy atom. The third-order valence-electron chi connectivity index (χ3n) is 2.70. The van der Waals surface area contributed by atoms with E-state index in [0.29, 0.717) is 6.04 Å². The molecule has 3 heteroatoms. The first-order chi connectivity index (χ1) is 7.36. The van der Waals surface area contributed by atoms with Gasteiger partial charge in [-0.25, -0.2) is 4.98 Å². The summed E-state index contributed by atoms with van der Waals surface area (Å²) in [6.07, 6.45) is 10.7. The van der Waals surface area contributed by atoms with E-state index in [9.17, 15) is 0 Å². The van der Waals surface area contributed by atoms with Gasteiger partial charge in [0.1, 0.15) is 0 Å². The third-order valence-corrected chi connectivity index (χ3v) is 2.70. The summed E-state index contributed by atoms with van der Waals surface area (Å²) in [4.78, 5) is 4.04. The molecule has 1 atom stereocenters. The molecule has 86 valence electrons. The smallest absolute Gasteiger partial charge is 0.0945 e. The second-order valence-electron chi connectivity index (χ2n) is 4.00. The van der Waals surface area contributed by atoms with E-state index in [1.807, 2.05) is 18.7 Å². The van der Waals surface area contributed by atoms with Crippen LogP contribution in [0.5, 0.6) is 0 Å². The molecule has 1 N–H and O–H groups in total. The van der Waals surface area contributed by atoms with E-state index in [2.05, 4.69) is 28.7 Å². The zero-order valence-electron chi connectivity index (χ0n) is 9.95. The Bertz CT molecular complexity index is 231. The highest BCUT2D eigenvalue weighted by Crippen LogP contribution is 2.03. The van der Waals surface area contributed by atoms with Crippen molar-refractivity contribution >= 4 is 0 Å². The number of imidazole rings is 1. The summed E-state index contributed by atoms with van der Waals surface area (Å²) in [6.45, 7) is 6.70. The number of aryl methyl sites for hydroxylation is 1. The fourth-order valence-electron chi connectivity index (χ4n) is 1.74. The highest BCUT2D eigenvalue weighted by molar-refractivity contribution is 4.74. The predicted octanol–water partition coefficient (Wildman–Crippen LogP) is 2.44. The van der Waals surface area contributed by atoms with E-state index in [4.69, 9.17) is 0 Å². The van der Waals surface area contributed by atoms with Crippen LogP contribution in [-0.2, 0) is 6.54 Å². The fraction of sp³-hybridized carbons (Fsp3) is 0.750. The van der Waals surface area contributed by atoms with Gasteiger partial charge in [-0.3, -0.25) is 0 Å². The Hall–Kier alpha value is -0.830. The average molecular weight is 209 g/mol. The second kappa shape index (κ2) is 7.46. The lowest BCUT2D eigenvalue weighted by atomic mass is 10.1. The lowest BCUT2D eigenvalue weighted by Gasteiger charge is -2.16. The maximum absolute atomic E-state index is 4.04. The molecule has 0 bridgehead atoms. The first-order valence-electron chi connectivity index (χ1n) is 6.06. The van der Waals surface area contributed by atoms with Crippen LogP contribution in [0.15, 0.2) is 18.7 Å². The van der Waals surface area contributed by atoms with Gasteiger partial charge in [0.2, 0.25) is 0 Å². The number of rotatable bonds is 8. The number of aromatic nitrogens is 2. The van der Waals surface area contributed by atoms with Crippen molar-refractivity contribution in [2.45, 2.75) is 52.1 Å². The topological polar surface area (TPSA) is 29.9 Å². The van der Waals surface area contributed by atoms with Gasteiger partial charge < -0.3 is 9.88 Å². The molecule has 0 amide bonds. The molecular formula is C12H23N3. The van der Waals surface area contributed by atoms with Crippen LogP contribution >= 0.6 is 0 Å². The molecular weight excluding hydrogens is 186 g/mol. The molecule has 0 radical (unpaired) electrons. The summed E-state index contributed by atoms with van der Waals surface area (Å²) in [7, 11) is 0. The summed E-state index contributed by atoms with van der Waals surface area (Å²) >= 11 is 0. The van der Waals surface area contributed by atoms with Crippen LogP contribution < -0.4 is 5.32 Å². The Balaban J connectivity index is 2.11. The molecule has 0 aromatic carbocycles. The first kappa shape index (κ1) is 12.2. The zero-order chi connectivity index (χ0) is 10.9. The van der Waals surface area contributed by atoms with Crippen LogP contribution in [0.3, 0.4) is 0 Å². The van der Waals surface area contributed by atoms with Crippen LogP contribution in [0.25, 0.3) is 0 Å². The van der Waals surface area contributed by atoms with Crippen LogP contribution in [0.4, 0.5) is 0 Å². The van der Waals surface area contributed by atoms with Gasteiger partial charge in [0.15, 0.2) is 0 Å². The van der Waals surface area contributed by atoms with E-state index < -0.39 is 0 Å². The third kappa shape index (κ3) is 4.98. The minimum absolute atomic E-state index is 0.688. The lowest BCUT2D eigenvalue weighted by molar-refractivity contribution is 0.439. The lowest BCUT2D eigenvalue weighted by Crippen LogP contribution is -2.29. The molecule has 15 heavy (non-hydrogen) atoms. The van der Waals surface area contributed by atoms with Crippen molar-refractivity contribution < 1.29 is 0 Å². The minimum Gasteiger partial charge on any atom is -0.337 e. The van der Waals surface area contributed by atoms with Gasteiger partial charge in [-0.1, -0.05) is 13.8 Å². The summed E-state index contributed by atoms with van der Waals surface area (Å²) in [5, 5.41) is 3.57. The zero-order valence-corrected chi connectivity index (χ0v) is 9.95. The van der Waals surface area contributed by atoms with Crippen LogP contribution in [-0.4, -0.2) is 22.1 Å². The molecule has 0 aliphatic rings. The molecule has 1 unspecified atom stereocenters. The predicted molar refractivity (Wildman–Crippen MR) is 63.8 cm³/mol. The molecule has 0 fully saturated rings. The Labute approximate surface area is 92.9 Å². The number of nitrogens with one attached hydrogen (secondary N) is 1.